The molecule has 29 heavy (non-hydrogen) atoms. The quantitative estimate of drug-likeness (QED) is 0.413. The van der Waals surface area contributed by atoms with Crippen molar-refractivity contribution in [3.05, 3.63) is 56.2 Å². The summed E-state index contributed by atoms with van der Waals surface area (Å²) in [6.07, 6.45) is 3.08. The highest BCUT2D eigenvalue weighted by Crippen LogP contribution is 2.25. The topological polar surface area (TPSA) is 102 Å². The number of nitrogens with two attached hydrogens (primary N) is 1. The summed E-state index contributed by atoms with van der Waals surface area (Å²) in [6.45, 7) is 2.03. The lowest BCUT2D eigenvalue weighted by molar-refractivity contribution is 0.615. The zero-order valence-corrected chi connectivity index (χ0v) is 18.6. The maximum atomic E-state index is 12.8. The summed E-state index contributed by atoms with van der Waals surface area (Å²) in [6, 6.07) is 8.27. The largest absolute Gasteiger partial charge is 0.341 e. The predicted molar refractivity (Wildman–Crippen MR) is 123 cm³/mol. The zero-order chi connectivity index (χ0) is 20.5. The Bertz CT molecular complexity index is 1150. The summed E-state index contributed by atoms with van der Waals surface area (Å²) in [5.74, 6) is 0.701. The van der Waals surface area contributed by atoms with E-state index in [2.05, 4.69) is 44.6 Å². The van der Waals surface area contributed by atoms with Crippen LogP contribution in [0, 0.1) is 0 Å². The molecule has 3 aromatic rings. The van der Waals surface area contributed by atoms with E-state index in [4.69, 9.17) is 10.7 Å². The summed E-state index contributed by atoms with van der Waals surface area (Å²) in [5, 5.41) is 0. The number of anilines is 1. The molecule has 1 fully saturated rings. The number of aromatic nitrogens is 4. The van der Waals surface area contributed by atoms with Crippen LogP contribution in [0.25, 0.3) is 11.2 Å². The summed E-state index contributed by atoms with van der Waals surface area (Å²) < 4.78 is 4.22. The molecule has 2 aromatic heterocycles. The third-order valence-corrected chi connectivity index (χ3v) is 6.39. The SMILES string of the molecule is Cn1c(=O)[nH]c(=O)c2c1nc(N1CCCCC(N)C1)n2Cc1ccccc1CI. The molecule has 0 bridgehead atoms. The molecule has 9 heteroatoms. The van der Waals surface area contributed by atoms with Gasteiger partial charge in [0.2, 0.25) is 5.95 Å². The van der Waals surface area contributed by atoms with Crippen molar-refractivity contribution in [1.29, 1.82) is 0 Å². The number of aryl methyl sites for hydroxylation is 1. The number of halogens is 1. The van der Waals surface area contributed by atoms with Gasteiger partial charge in [-0.05, 0) is 24.0 Å². The molecule has 1 aliphatic rings. The summed E-state index contributed by atoms with van der Waals surface area (Å²) in [7, 11) is 1.63. The average molecular weight is 508 g/mol. The molecule has 0 saturated carbocycles. The van der Waals surface area contributed by atoms with Crippen molar-refractivity contribution in [2.24, 2.45) is 12.8 Å². The Hall–Kier alpha value is -2.14. The van der Waals surface area contributed by atoms with Gasteiger partial charge in [-0.1, -0.05) is 53.3 Å². The van der Waals surface area contributed by atoms with Crippen molar-refractivity contribution >= 4 is 39.7 Å². The first-order valence-corrected chi connectivity index (χ1v) is 11.3. The van der Waals surface area contributed by atoms with Gasteiger partial charge < -0.3 is 10.6 Å². The fourth-order valence-corrected chi connectivity index (χ4v) is 4.73. The van der Waals surface area contributed by atoms with Gasteiger partial charge in [0.1, 0.15) is 0 Å². The third-order valence-electron chi connectivity index (χ3n) is 5.57. The van der Waals surface area contributed by atoms with Crippen LogP contribution in [0.5, 0.6) is 0 Å². The number of alkyl halides is 1. The molecule has 0 aliphatic carbocycles. The van der Waals surface area contributed by atoms with Crippen LogP contribution >= 0.6 is 22.6 Å². The minimum absolute atomic E-state index is 0.0644. The van der Waals surface area contributed by atoms with E-state index in [1.807, 2.05) is 16.7 Å². The maximum absolute atomic E-state index is 12.8. The Kier molecular flexibility index (Phi) is 5.77. The highest BCUT2D eigenvalue weighted by atomic mass is 127. The molecule has 3 heterocycles. The van der Waals surface area contributed by atoms with Gasteiger partial charge in [0, 0.05) is 30.6 Å². The first-order valence-electron chi connectivity index (χ1n) is 9.82. The second kappa shape index (κ2) is 8.31. The van der Waals surface area contributed by atoms with Crippen molar-refractivity contribution in [2.75, 3.05) is 18.0 Å². The second-order valence-electron chi connectivity index (χ2n) is 7.59. The highest BCUT2D eigenvalue weighted by Gasteiger charge is 2.24. The van der Waals surface area contributed by atoms with E-state index in [1.54, 1.807) is 7.05 Å². The molecule has 1 saturated heterocycles. The first-order chi connectivity index (χ1) is 14.0. The number of nitrogens with one attached hydrogen (secondary N) is 1. The van der Waals surface area contributed by atoms with Crippen LogP contribution in [0.2, 0.25) is 0 Å². The number of rotatable bonds is 4. The molecule has 8 nitrogen and oxygen atoms in total. The average Bonchev–Trinajstić information content (AvgIpc) is 2.95. The highest BCUT2D eigenvalue weighted by molar-refractivity contribution is 14.1. The van der Waals surface area contributed by atoms with E-state index in [1.165, 1.54) is 10.1 Å². The van der Waals surface area contributed by atoms with Crippen molar-refractivity contribution < 1.29 is 0 Å². The molecular formula is C20H25IN6O2. The van der Waals surface area contributed by atoms with Crippen molar-refractivity contribution in [1.82, 2.24) is 19.1 Å². The minimum atomic E-state index is -0.459. The third kappa shape index (κ3) is 3.85. The van der Waals surface area contributed by atoms with Crippen molar-refractivity contribution in [3.8, 4) is 0 Å². The van der Waals surface area contributed by atoms with Gasteiger partial charge in [-0.15, -0.1) is 0 Å². The standard InChI is InChI=1S/C20H25IN6O2/c1-25-17-16(18(28)24-20(25)29)27(11-14-7-3-2-6-13(14)10-21)19(23-17)26-9-5-4-8-15(22)12-26/h2-3,6-7,15H,4-5,8-12,22H2,1H3,(H,24,28,29). The van der Waals surface area contributed by atoms with Crippen LogP contribution in [0.3, 0.4) is 0 Å². The number of H-pyrrole nitrogens is 1. The van der Waals surface area contributed by atoms with Crippen LogP contribution in [-0.2, 0) is 18.0 Å². The Morgan fingerprint density at radius 2 is 2.00 bits per heavy atom. The Morgan fingerprint density at radius 1 is 1.24 bits per heavy atom. The lowest BCUT2D eigenvalue weighted by Gasteiger charge is -2.25. The van der Waals surface area contributed by atoms with E-state index in [0.29, 0.717) is 30.2 Å². The van der Waals surface area contributed by atoms with Gasteiger partial charge in [-0.3, -0.25) is 18.9 Å². The molecule has 1 unspecified atom stereocenters. The number of aromatic amines is 1. The van der Waals surface area contributed by atoms with E-state index < -0.39 is 11.2 Å². The minimum Gasteiger partial charge on any atom is -0.341 e. The molecule has 0 radical (unpaired) electrons. The molecule has 4 rings (SSSR count). The van der Waals surface area contributed by atoms with Crippen LogP contribution in [0.15, 0.2) is 33.9 Å². The van der Waals surface area contributed by atoms with Crippen LogP contribution in [0.1, 0.15) is 30.4 Å². The monoisotopic (exact) mass is 508 g/mol. The molecule has 1 aromatic carbocycles. The molecule has 1 aliphatic heterocycles. The molecular weight excluding hydrogens is 483 g/mol. The van der Waals surface area contributed by atoms with Crippen LogP contribution < -0.4 is 21.9 Å². The van der Waals surface area contributed by atoms with E-state index in [0.717, 1.165) is 35.8 Å². The van der Waals surface area contributed by atoms with Gasteiger partial charge in [-0.2, -0.15) is 4.98 Å². The molecule has 0 spiro atoms. The summed E-state index contributed by atoms with van der Waals surface area (Å²) in [4.78, 5) is 34.3. The maximum Gasteiger partial charge on any atom is 0.329 e. The normalized spacial score (nSPS) is 17.6. The summed E-state index contributed by atoms with van der Waals surface area (Å²) >= 11 is 2.35. The van der Waals surface area contributed by atoms with Gasteiger partial charge in [-0.25, -0.2) is 4.79 Å². The Labute approximate surface area is 181 Å². The number of benzene rings is 1. The van der Waals surface area contributed by atoms with Crippen molar-refractivity contribution in [2.45, 2.75) is 36.3 Å². The van der Waals surface area contributed by atoms with Crippen LogP contribution in [0.4, 0.5) is 5.95 Å². The lowest BCUT2D eigenvalue weighted by Crippen LogP contribution is -2.37. The predicted octanol–water partition coefficient (Wildman–Crippen LogP) is 1.72. The molecule has 0 amide bonds. The number of hydrogen-bond acceptors (Lipinski definition) is 5. The zero-order valence-electron chi connectivity index (χ0n) is 16.4. The van der Waals surface area contributed by atoms with Gasteiger partial charge >= 0.3 is 5.69 Å². The number of fused-ring (bicyclic) bond motifs is 1. The Morgan fingerprint density at radius 3 is 2.76 bits per heavy atom. The fraction of sp³-hybridized carbons (Fsp3) is 0.450. The van der Waals surface area contributed by atoms with Crippen LogP contribution in [-0.4, -0.2) is 38.2 Å². The van der Waals surface area contributed by atoms with E-state index in [9.17, 15) is 9.59 Å². The van der Waals surface area contributed by atoms with E-state index >= 15 is 0 Å². The molecule has 154 valence electrons. The van der Waals surface area contributed by atoms with Crippen molar-refractivity contribution in [3.63, 3.8) is 0 Å². The second-order valence-corrected chi connectivity index (χ2v) is 8.36. The van der Waals surface area contributed by atoms with E-state index in [-0.39, 0.29) is 6.04 Å². The van der Waals surface area contributed by atoms with Gasteiger partial charge in [0.25, 0.3) is 5.56 Å². The fourth-order valence-electron chi connectivity index (χ4n) is 3.98. The number of hydrogen-bond donors (Lipinski definition) is 2. The summed E-state index contributed by atoms with van der Waals surface area (Å²) in [5.41, 5.74) is 8.59. The first kappa shape index (κ1) is 20.1. The number of imidazole rings is 1. The Balaban J connectivity index is 1.93. The smallest absolute Gasteiger partial charge is 0.329 e. The molecule has 3 N–H and O–H groups in total. The number of nitrogens with zero attached hydrogens (tertiary/aromatic N) is 4. The van der Waals surface area contributed by atoms with Gasteiger partial charge in [0.15, 0.2) is 11.2 Å². The van der Waals surface area contributed by atoms with Gasteiger partial charge in [0.05, 0.1) is 6.54 Å². The lowest BCUT2D eigenvalue weighted by atomic mass is 10.1. The molecule has 1 atom stereocenters.